The normalized spacial score (nSPS) is 24.5. The predicted octanol–water partition coefficient (Wildman–Crippen LogP) is 2.39. The molecule has 8 nitrogen and oxygen atoms in total. The molecule has 1 fully saturated rings. The van der Waals surface area contributed by atoms with Crippen molar-refractivity contribution in [3.63, 3.8) is 0 Å². The molecule has 8 heteroatoms. The molecule has 1 saturated heterocycles. The standard InChI is InChI=1S/C22H24N4O4/c1-12(2)30-20-14(7-8-17-21(20)29-11-28-17)16-10-18(27)26-22(24-16)19(13(3)25-26)15-6-4-5-9-23-15/h4-10,12-13,19,22,24-25H,11H2,1-3H3. The lowest BCUT2D eigenvalue weighted by Crippen LogP contribution is -2.52. The van der Waals surface area contributed by atoms with Gasteiger partial charge in [0, 0.05) is 29.6 Å². The molecule has 0 bridgehead atoms. The number of hydrogen-bond donors (Lipinski definition) is 2. The van der Waals surface area contributed by atoms with E-state index in [4.69, 9.17) is 14.2 Å². The zero-order chi connectivity index (χ0) is 20.8. The zero-order valence-electron chi connectivity index (χ0n) is 17.1. The molecule has 3 aliphatic rings. The quantitative estimate of drug-likeness (QED) is 0.804. The Labute approximate surface area is 174 Å². The number of carbonyl (C=O) groups is 1. The molecule has 156 valence electrons. The number of amides is 1. The molecule has 0 aliphatic carbocycles. The summed E-state index contributed by atoms with van der Waals surface area (Å²) in [4.78, 5) is 17.5. The van der Waals surface area contributed by atoms with Crippen LogP contribution in [0.25, 0.3) is 5.70 Å². The molecule has 0 saturated carbocycles. The van der Waals surface area contributed by atoms with Gasteiger partial charge in [0.05, 0.1) is 17.7 Å². The second-order valence-corrected chi connectivity index (χ2v) is 7.90. The molecule has 1 aromatic carbocycles. The highest BCUT2D eigenvalue weighted by atomic mass is 16.7. The lowest BCUT2D eigenvalue weighted by atomic mass is 9.94. The maximum absolute atomic E-state index is 13.0. The third-order valence-electron chi connectivity index (χ3n) is 5.48. The number of rotatable bonds is 4. The number of hydrazine groups is 1. The predicted molar refractivity (Wildman–Crippen MR) is 110 cm³/mol. The summed E-state index contributed by atoms with van der Waals surface area (Å²) in [5.41, 5.74) is 5.65. The van der Waals surface area contributed by atoms with E-state index in [0.717, 1.165) is 11.3 Å². The second-order valence-electron chi connectivity index (χ2n) is 7.90. The van der Waals surface area contributed by atoms with E-state index in [9.17, 15) is 4.79 Å². The Balaban J connectivity index is 1.54. The van der Waals surface area contributed by atoms with Crippen molar-refractivity contribution in [2.45, 2.75) is 45.0 Å². The number of ether oxygens (including phenoxy) is 3. The molecule has 4 heterocycles. The van der Waals surface area contributed by atoms with Gasteiger partial charge in [-0.05, 0) is 45.0 Å². The first-order valence-corrected chi connectivity index (χ1v) is 10.1. The fourth-order valence-corrected chi connectivity index (χ4v) is 4.22. The van der Waals surface area contributed by atoms with E-state index >= 15 is 0 Å². The summed E-state index contributed by atoms with van der Waals surface area (Å²) in [5.74, 6) is 1.65. The number of fused-ring (bicyclic) bond motifs is 2. The lowest BCUT2D eigenvalue weighted by molar-refractivity contribution is -0.130. The zero-order valence-corrected chi connectivity index (χ0v) is 17.1. The van der Waals surface area contributed by atoms with Crippen LogP contribution in [0.4, 0.5) is 0 Å². The molecule has 5 rings (SSSR count). The number of pyridine rings is 1. The first kappa shape index (κ1) is 18.7. The molecule has 2 aromatic rings. The van der Waals surface area contributed by atoms with Gasteiger partial charge < -0.3 is 19.5 Å². The van der Waals surface area contributed by atoms with Crippen molar-refractivity contribution in [3.8, 4) is 17.2 Å². The van der Waals surface area contributed by atoms with Crippen LogP contribution in [0, 0.1) is 0 Å². The van der Waals surface area contributed by atoms with E-state index in [1.165, 1.54) is 0 Å². The van der Waals surface area contributed by atoms with Gasteiger partial charge in [-0.25, -0.2) is 5.43 Å². The van der Waals surface area contributed by atoms with Crippen LogP contribution in [0.15, 0.2) is 42.6 Å². The van der Waals surface area contributed by atoms with Gasteiger partial charge in [-0.2, -0.15) is 0 Å². The molecular formula is C22H24N4O4. The van der Waals surface area contributed by atoms with Crippen molar-refractivity contribution in [1.82, 2.24) is 20.7 Å². The van der Waals surface area contributed by atoms with Crippen molar-refractivity contribution in [2.75, 3.05) is 6.79 Å². The largest absolute Gasteiger partial charge is 0.486 e. The number of hydrogen-bond acceptors (Lipinski definition) is 7. The number of carbonyl (C=O) groups excluding carboxylic acids is 1. The van der Waals surface area contributed by atoms with Crippen molar-refractivity contribution in [1.29, 1.82) is 0 Å². The Morgan fingerprint density at radius 3 is 2.87 bits per heavy atom. The van der Waals surface area contributed by atoms with Crippen LogP contribution in [0.5, 0.6) is 17.2 Å². The summed E-state index contributed by atoms with van der Waals surface area (Å²) in [6.45, 7) is 6.11. The smallest absolute Gasteiger partial charge is 0.264 e. The van der Waals surface area contributed by atoms with Gasteiger partial charge in [-0.15, -0.1) is 0 Å². The molecule has 3 atom stereocenters. The third kappa shape index (κ3) is 3.04. The summed E-state index contributed by atoms with van der Waals surface area (Å²) >= 11 is 0. The second kappa shape index (κ2) is 7.21. The average Bonchev–Trinajstić information content (AvgIpc) is 3.33. The molecule has 3 aliphatic heterocycles. The molecule has 0 radical (unpaired) electrons. The van der Waals surface area contributed by atoms with Crippen LogP contribution in [0.3, 0.4) is 0 Å². The van der Waals surface area contributed by atoms with E-state index < -0.39 is 0 Å². The van der Waals surface area contributed by atoms with E-state index in [0.29, 0.717) is 22.9 Å². The Bertz CT molecular complexity index is 1010. The lowest BCUT2D eigenvalue weighted by Gasteiger charge is -2.33. The molecule has 2 N–H and O–H groups in total. The van der Waals surface area contributed by atoms with Gasteiger partial charge in [-0.1, -0.05) is 6.07 Å². The van der Waals surface area contributed by atoms with Crippen LogP contribution in [0.2, 0.25) is 0 Å². The SMILES string of the molecule is CC(C)Oc1c(C2=CC(=O)N3NC(C)C(c4ccccn4)C3N2)ccc2c1OCO2. The first-order valence-electron chi connectivity index (χ1n) is 10.1. The van der Waals surface area contributed by atoms with Crippen LogP contribution in [0.1, 0.15) is 37.9 Å². The first-order chi connectivity index (χ1) is 14.5. The van der Waals surface area contributed by atoms with E-state index in [2.05, 4.69) is 22.7 Å². The highest BCUT2D eigenvalue weighted by molar-refractivity contribution is 5.98. The van der Waals surface area contributed by atoms with Gasteiger partial charge in [-0.3, -0.25) is 14.8 Å². The van der Waals surface area contributed by atoms with Crippen molar-refractivity contribution >= 4 is 11.6 Å². The molecule has 0 spiro atoms. The summed E-state index contributed by atoms with van der Waals surface area (Å²) < 4.78 is 17.3. The van der Waals surface area contributed by atoms with Crippen LogP contribution in [-0.2, 0) is 4.79 Å². The van der Waals surface area contributed by atoms with E-state index in [1.807, 2.05) is 44.2 Å². The van der Waals surface area contributed by atoms with Crippen molar-refractivity contribution < 1.29 is 19.0 Å². The van der Waals surface area contributed by atoms with Gasteiger partial charge in [0.1, 0.15) is 6.17 Å². The van der Waals surface area contributed by atoms with Crippen LogP contribution in [-0.4, -0.2) is 41.0 Å². The number of nitrogens with zero attached hydrogens (tertiary/aromatic N) is 2. The topological polar surface area (TPSA) is 85.0 Å². The molecule has 1 amide bonds. The highest BCUT2D eigenvalue weighted by Gasteiger charge is 2.45. The van der Waals surface area contributed by atoms with Crippen LogP contribution >= 0.6 is 0 Å². The minimum absolute atomic E-state index is 0.0117. The maximum atomic E-state index is 13.0. The Hall–Kier alpha value is -3.26. The van der Waals surface area contributed by atoms with E-state index in [-0.39, 0.29) is 36.9 Å². The van der Waals surface area contributed by atoms with Gasteiger partial charge in [0.2, 0.25) is 12.5 Å². The Morgan fingerprint density at radius 1 is 1.23 bits per heavy atom. The summed E-state index contributed by atoms with van der Waals surface area (Å²) in [6, 6.07) is 9.62. The summed E-state index contributed by atoms with van der Waals surface area (Å²) in [5, 5.41) is 5.18. The fourth-order valence-electron chi connectivity index (χ4n) is 4.22. The Kier molecular flexibility index (Phi) is 4.51. The fraction of sp³-hybridized carbons (Fsp3) is 0.364. The molecule has 30 heavy (non-hydrogen) atoms. The van der Waals surface area contributed by atoms with Crippen molar-refractivity contribution in [3.05, 3.63) is 53.9 Å². The van der Waals surface area contributed by atoms with Gasteiger partial charge in [0.15, 0.2) is 11.5 Å². The number of benzene rings is 1. The number of aromatic nitrogens is 1. The van der Waals surface area contributed by atoms with Gasteiger partial charge in [0.25, 0.3) is 5.91 Å². The minimum Gasteiger partial charge on any atom is -0.486 e. The van der Waals surface area contributed by atoms with Gasteiger partial charge >= 0.3 is 0 Å². The molecular weight excluding hydrogens is 384 g/mol. The molecule has 3 unspecified atom stereocenters. The summed E-state index contributed by atoms with van der Waals surface area (Å²) in [6.07, 6.45) is 3.02. The van der Waals surface area contributed by atoms with E-state index in [1.54, 1.807) is 17.3 Å². The number of nitrogens with one attached hydrogen (secondary N) is 2. The van der Waals surface area contributed by atoms with Crippen molar-refractivity contribution in [2.24, 2.45) is 0 Å². The molecule has 1 aromatic heterocycles. The third-order valence-corrected chi connectivity index (χ3v) is 5.48. The highest BCUT2D eigenvalue weighted by Crippen LogP contribution is 2.46. The Morgan fingerprint density at radius 2 is 2.10 bits per heavy atom. The van der Waals surface area contributed by atoms with Crippen LogP contribution < -0.4 is 25.0 Å². The minimum atomic E-state index is -0.278. The summed E-state index contributed by atoms with van der Waals surface area (Å²) in [7, 11) is 0. The average molecular weight is 408 g/mol. The monoisotopic (exact) mass is 408 g/mol. The maximum Gasteiger partial charge on any atom is 0.264 e.